The molecule has 1 N–H and O–H groups in total. The summed E-state index contributed by atoms with van der Waals surface area (Å²) in [6.45, 7) is 1.02. The van der Waals surface area contributed by atoms with Crippen molar-refractivity contribution in [3.63, 3.8) is 0 Å². The fourth-order valence-electron chi connectivity index (χ4n) is 2.30. The van der Waals surface area contributed by atoms with Crippen molar-refractivity contribution in [3.8, 4) is 0 Å². The number of hydrogen-bond acceptors (Lipinski definition) is 2. The summed E-state index contributed by atoms with van der Waals surface area (Å²) < 4.78 is 3.01. The highest BCUT2D eigenvalue weighted by Crippen LogP contribution is 2.27. The van der Waals surface area contributed by atoms with Gasteiger partial charge < -0.3 is 9.55 Å². The Balaban J connectivity index is 2.02. The van der Waals surface area contributed by atoms with E-state index in [4.69, 9.17) is 23.8 Å². The third-order valence-corrected chi connectivity index (χ3v) is 4.99. The van der Waals surface area contributed by atoms with Gasteiger partial charge in [-0.3, -0.25) is 0 Å². The van der Waals surface area contributed by atoms with Gasteiger partial charge in [-0.25, -0.2) is 0 Å². The molecule has 17 heavy (non-hydrogen) atoms. The van der Waals surface area contributed by atoms with Crippen LogP contribution in [0.5, 0.6) is 0 Å². The SMILES string of the molecule is S=c1[nH]c2cc(Cl)ccc2n1CC1CCSC1. The number of nitrogens with one attached hydrogen (secondary N) is 1. The molecule has 5 heteroatoms. The van der Waals surface area contributed by atoms with Crippen LogP contribution in [-0.2, 0) is 6.54 Å². The van der Waals surface area contributed by atoms with Crippen molar-refractivity contribution in [2.24, 2.45) is 5.92 Å². The molecule has 0 amide bonds. The molecule has 2 heterocycles. The molecule has 1 atom stereocenters. The first-order chi connectivity index (χ1) is 8.24. The van der Waals surface area contributed by atoms with Crippen molar-refractivity contribution in [2.75, 3.05) is 11.5 Å². The fraction of sp³-hybridized carbons (Fsp3) is 0.417. The molecule has 1 aliphatic rings. The number of nitrogens with zero attached hydrogens (tertiary/aromatic N) is 1. The lowest BCUT2D eigenvalue weighted by Crippen LogP contribution is -2.09. The molecular weight excluding hydrogens is 272 g/mol. The van der Waals surface area contributed by atoms with Gasteiger partial charge in [0.25, 0.3) is 0 Å². The summed E-state index contributed by atoms with van der Waals surface area (Å²) in [6.07, 6.45) is 1.30. The smallest absolute Gasteiger partial charge is 0.178 e. The van der Waals surface area contributed by atoms with Crippen LogP contribution in [0.2, 0.25) is 5.02 Å². The molecule has 1 aliphatic heterocycles. The Bertz CT molecular complexity index is 596. The molecule has 90 valence electrons. The van der Waals surface area contributed by atoms with Crippen LogP contribution in [0, 0.1) is 10.7 Å². The second kappa shape index (κ2) is 4.67. The van der Waals surface area contributed by atoms with E-state index in [-0.39, 0.29) is 0 Å². The first-order valence-corrected chi connectivity index (χ1v) is 7.64. The molecule has 1 fully saturated rings. The predicted octanol–water partition coefficient (Wildman–Crippen LogP) is 4.11. The molecule has 1 aromatic heterocycles. The van der Waals surface area contributed by atoms with Crippen molar-refractivity contribution in [2.45, 2.75) is 13.0 Å². The number of halogens is 1. The van der Waals surface area contributed by atoms with Crippen LogP contribution in [0.1, 0.15) is 6.42 Å². The van der Waals surface area contributed by atoms with E-state index in [0.717, 1.165) is 33.3 Å². The molecule has 1 saturated heterocycles. The maximum atomic E-state index is 5.98. The zero-order valence-electron chi connectivity index (χ0n) is 9.28. The van der Waals surface area contributed by atoms with Gasteiger partial charge in [-0.15, -0.1) is 0 Å². The summed E-state index contributed by atoms with van der Waals surface area (Å²) >= 11 is 13.4. The highest BCUT2D eigenvalue weighted by Gasteiger charge is 2.17. The van der Waals surface area contributed by atoms with E-state index in [1.165, 1.54) is 17.9 Å². The van der Waals surface area contributed by atoms with E-state index < -0.39 is 0 Å². The molecule has 1 unspecified atom stereocenters. The van der Waals surface area contributed by atoms with Gasteiger partial charge in [-0.2, -0.15) is 11.8 Å². The second-order valence-corrected chi connectivity index (χ2v) is 6.40. The van der Waals surface area contributed by atoms with Gasteiger partial charge in [0, 0.05) is 11.6 Å². The van der Waals surface area contributed by atoms with Crippen LogP contribution in [0.15, 0.2) is 18.2 Å². The normalized spacial score (nSPS) is 20.2. The molecule has 0 spiro atoms. The maximum absolute atomic E-state index is 5.98. The highest BCUT2D eigenvalue weighted by atomic mass is 35.5. The monoisotopic (exact) mass is 284 g/mol. The average molecular weight is 285 g/mol. The summed E-state index contributed by atoms with van der Waals surface area (Å²) in [5.41, 5.74) is 2.20. The van der Waals surface area contributed by atoms with Gasteiger partial charge in [0.15, 0.2) is 4.77 Å². The van der Waals surface area contributed by atoms with Crippen molar-refractivity contribution in [1.82, 2.24) is 9.55 Å². The average Bonchev–Trinajstić information content (AvgIpc) is 2.88. The minimum atomic E-state index is 0.748. The van der Waals surface area contributed by atoms with E-state index in [2.05, 4.69) is 9.55 Å². The number of fused-ring (bicyclic) bond motifs is 1. The van der Waals surface area contributed by atoms with Gasteiger partial charge in [0.1, 0.15) is 0 Å². The van der Waals surface area contributed by atoms with Gasteiger partial charge in [-0.05, 0) is 54.3 Å². The van der Waals surface area contributed by atoms with Crippen molar-refractivity contribution >= 4 is 46.6 Å². The first kappa shape index (κ1) is 11.6. The summed E-state index contributed by atoms with van der Waals surface area (Å²) in [4.78, 5) is 3.23. The quantitative estimate of drug-likeness (QED) is 0.838. The molecular formula is C12H13ClN2S2. The Morgan fingerprint density at radius 2 is 2.41 bits per heavy atom. The molecule has 2 nitrogen and oxygen atoms in total. The zero-order chi connectivity index (χ0) is 11.8. The third kappa shape index (κ3) is 2.26. The number of imidazole rings is 1. The largest absolute Gasteiger partial charge is 0.331 e. The van der Waals surface area contributed by atoms with E-state index in [1.807, 2.05) is 30.0 Å². The van der Waals surface area contributed by atoms with Crippen LogP contribution >= 0.6 is 35.6 Å². The molecule has 0 aliphatic carbocycles. The van der Waals surface area contributed by atoms with Gasteiger partial charge in [0.05, 0.1) is 11.0 Å². The van der Waals surface area contributed by atoms with Crippen LogP contribution < -0.4 is 0 Å². The minimum absolute atomic E-state index is 0.748. The molecule has 1 aromatic carbocycles. The standard InChI is InChI=1S/C12H13ClN2S2/c13-9-1-2-11-10(5-9)14-12(16)15(11)6-8-3-4-17-7-8/h1-2,5,8H,3-4,6-7H2,(H,14,16). The molecule has 0 radical (unpaired) electrons. The second-order valence-electron chi connectivity index (χ2n) is 4.43. The lowest BCUT2D eigenvalue weighted by atomic mass is 10.1. The zero-order valence-corrected chi connectivity index (χ0v) is 11.7. The Labute approximate surface area is 114 Å². The summed E-state index contributed by atoms with van der Waals surface area (Å²) in [6, 6.07) is 5.91. The van der Waals surface area contributed by atoms with E-state index in [0.29, 0.717) is 0 Å². The Morgan fingerprint density at radius 3 is 3.18 bits per heavy atom. The summed E-state index contributed by atoms with van der Waals surface area (Å²) in [5.74, 6) is 3.29. The lowest BCUT2D eigenvalue weighted by molar-refractivity contribution is 0.497. The number of thioether (sulfide) groups is 1. The summed E-state index contributed by atoms with van der Waals surface area (Å²) in [5, 5.41) is 0.748. The van der Waals surface area contributed by atoms with Gasteiger partial charge >= 0.3 is 0 Å². The van der Waals surface area contributed by atoms with E-state index in [9.17, 15) is 0 Å². The minimum Gasteiger partial charge on any atom is -0.331 e. The Hall–Kier alpha value is -0.450. The number of rotatable bonds is 2. The maximum Gasteiger partial charge on any atom is 0.178 e. The summed E-state index contributed by atoms with van der Waals surface area (Å²) in [7, 11) is 0. The van der Waals surface area contributed by atoms with Crippen LogP contribution in [0.4, 0.5) is 0 Å². The number of H-pyrrole nitrogens is 1. The Kier molecular flexibility index (Phi) is 3.19. The van der Waals surface area contributed by atoms with Crippen LogP contribution in [0.3, 0.4) is 0 Å². The van der Waals surface area contributed by atoms with Crippen LogP contribution in [0.25, 0.3) is 11.0 Å². The fourth-order valence-corrected chi connectivity index (χ4v) is 4.03. The molecule has 2 aromatic rings. The lowest BCUT2D eigenvalue weighted by Gasteiger charge is -2.10. The van der Waals surface area contributed by atoms with E-state index >= 15 is 0 Å². The number of aromatic amines is 1. The van der Waals surface area contributed by atoms with Crippen molar-refractivity contribution in [3.05, 3.63) is 28.0 Å². The topological polar surface area (TPSA) is 20.7 Å². The highest BCUT2D eigenvalue weighted by molar-refractivity contribution is 7.99. The molecule has 0 saturated carbocycles. The van der Waals surface area contributed by atoms with Gasteiger partial charge in [-0.1, -0.05) is 11.6 Å². The number of benzene rings is 1. The number of aromatic nitrogens is 2. The first-order valence-electron chi connectivity index (χ1n) is 5.70. The van der Waals surface area contributed by atoms with Crippen LogP contribution in [-0.4, -0.2) is 21.1 Å². The predicted molar refractivity (Wildman–Crippen MR) is 77.6 cm³/mol. The van der Waals surface area contributed by atoms with Gasteiger partial charge in [0.2, 0.25) is 0 Å². The number of hydrogen-bond donors (Lipinski definition) is 1. The molecule has 0 bridgehead atoms. The molecule has 3 rings (SSSR count). The van der Waals surface area contributed by atoms with Crippen molar-refractivity contribution < 1.29 is 0 Å². The Morgan fingerprint density at radius 1 is 1.53 bits per heavy atom. The van der Waals surface area contributed by atoms with E-state index in [1.54, 1.807) is 0 Å². The van der Waals surface area contributed by atoms with Crippen molar-refractivity contribution in [1.29, 1.82) is 0 Å². The third-order valence-electron chi connectivity index (χ3n) is 3.20.